The molecule has 1 aliphatic carbocycles. The second kappa shape index (κ2) is 6.30. The Morgan fingerprint density at radius 3 is 2.70 bits per heavy atom. The summed E-state index contributed by atoms with van der Waals surface area (Å²) in [5.74, 6) is 2.25. The zero-order valence-electron chi connectivity index (χ0n) is 13.0. The maximum Gasteiger partial charge on any atom is 0.338 e. The zero-order valence-corrected chi connectivity index (χ0v) is 13.0. The van der Waals surface area contributed by atoms with Gasteiger partial charge in [-0.2, -0.15) is 0 Å². The van der Waals surface area contributed by atoms with Crippen LogP contribution in [0.3, 0.4) is 0 Å². The number of para-hydroxylation sites is 1. The first-order chi connectivity index (χ1) is 11.0. The molecule has 120 valence electrons. The lowest BCUT2D eigenvalue weighted by Gasteiger charge is -2.12. The lowest BCUT2D eigenvalue weighted by Crippen LogP contribution is -2.34. The quantitative estimate of drug-likeness (QED) is 0.653. The van der Waals surface area contributed by atoms with E-state index in [1.54, 1.807) is 0 Å². The first-order valence-electron chi connectivity index (χ1n) is 7.64. The van der Waals surface area contributed by atoms with Gasteiger partial charge in [-0.3, -0.25) is 5.21 Å². The molecule has 0 bridgehead atoms. The zero-order chi connectivity index (χ0) is 16.4. The van der Waals surface area contributed by atoms with Crippen LogP contribution in [0.1, 0.15) is 23.5 Å². The summed E-state index contributed by atoms with van der Waals surface area (Å²) in [5.41, 5.74) is 7.30. The molecule has 0 unspecified atom stereocenters. The van der Waals surface area contributed by atoms with Gasteiger partial charge in [-0.1, -0.05) is 30.3 Å². The molecule has 0 spiro atoms. The minimum absolute atomic E-state index is 0.257. The van der Waals surface area contributed by atoms with E-state index in [9.17, 15) is 10.0 Å². The maximum absolute atomic E-state index is 10.9. The third-order valence-electron chi connectivity index (χ3n) is 4.18. The molecule has 0 heterocycles. The van der Waals surface area contributed by atoms with Crippen molar-refractivity contribution in [2.75, 3.05) is 6.54 Å². The number of nitrogens with two attached hydrogens (primary N) is 1. The number of benzene rings is 2. The average Bonchev–Trinajstić information content (AvgIpc) is 3.29. The monoisotopic (exact) mass is 312 g/mol. The van der Waals surface area contributed by atoms with Crippen LogP contribution in [0.5, 0.6) is 11.5 Å². The number of aryl methyl sites for hydroxylation is 1. The Hall–Kier alpha value is -2.53. The van der Waals surface area contributed by atoms with E-state index in [1.165, 1.54) is 5.56 Å². The Bertz CT molecular complexity index is 703. The van der Waals surface area contributed by atoms with Gasteiger partial charge in [0.25, 0.3) is 0 Å². The second-order valence-corrected chi connectivity index (χ2v) is 5.96. The molecule has 0 aliphatic heterocycles. The minimum atomic E-state index is -0.807. The number of urea groups is 1. The molecule has 1 fully saturated rings. The molecule has 2 atom stereocenters. The maximum atomic E-state index is 10.9. The number of ether oxygens (including phenoxy) is 1. The number of amides is 2. The van der Waals surface area contributed by atoms with Crippen LogP contribution >= 0.6 is 0 Å². The van der Waals surface area contributed by atoms with Crippen molar-refractivity contribution in [2.24, 2.45) is 11.7 Å². The van der Waals surface area contributed by atoms with Crippen LogP contribution in [-0.4, -0.2) is 22.8 Å². The molecule has 0 aromatic heterocycles. The summed E-state index contributed by atoms with van der Waals surface area (Å²) in [6, 6.07) is 15.0. The summed E-state index contributed by atoms with van der Waals surface area (Å²) in [4.78, 5) is 10.9. The first-order valence-corrected chi connectivity index (χ1v) is 7.64. The average molecular weight is 312 g/mol. The van der Waals surface area contributed by atoms with E-state index in [-0.39, 0.29) is 12.5 Å². The molecule has 5 heteroatoms. The Morgan fingerprint density at radius 2 is 2.04 bits per heavy atom. The van der Waals surface area contributed by atoms with Gasteiger partial charge in [0.05, 0.1) is 6.54 Å². The SMILES string of the molecule is Cc1cc([C@@H]2C[C@H]2CN(O)C(N)=O)ccc1Oc1ccccc1. The predicted molar refractivity (Wildman–Crippen MR) is 86.6 cm³/mol. The van der Waals surface area contributed by atoms with E-state index < -0.39 is 6.03 Å². The van der Waals surface area contributed by atoms with Crippen LogP contribution in [-0.2, 0) is 0 Å². The van der Waals surface area contributed by atoms with E-state index in [0.29, 0.717) is 11.0 Å². The van der Waals surface area contributed by atoms with E-state index in [4.69, 9.17) is 10.5 Å². The third-order valence-corrected chi connectivity index (χ3v) is 4.18. The molecule has 0 saturated heterocycles. The van der Waals surface area contributed by atoms with Crippen LogP contribution in [0.4, 0.5) is 4.79 Å². The molecule has 0 radical (unpaired) electrons. The standard InChI is InChI=1S/C18H20N2O3/c1-12-9-13(16-10-14(16)11-20(22)18(19)21)7-8-17(12)23-15-5-3-2-4-6-15/h2-9,14,16,22H,10-11H2,1H3,(H2,19,21)/t14-,16-/m0/s1. The van der Waals surface area contributed by atoms with Gasteiger partial charge in [0, 0.05) is 0 Å². The fraction of sp³-hybridized carbons (Fsp3) is 0.278. The van der Waals surface area contributed by atoms with Gasteiger partial charge in [-0.25, -0.2) is 9.86 Å². The largest absolute Gasteiger partial charge is 0.457 e. The summed E-state index contributed by atoms with van der Waals surface area (Å²) in [6.07, 6.45) is 0.947. The molecule has 2 aromatic rings. The van der Waals surface area contributed by atoms with Gasteiger partial charge < -0.3 is 10.5 Å². The molecule has 2 amide bonds. The van der Waals surface area contributed by atoms with E-state index in [1.807, 2.05) is 49.4 Å². The van der Waals surface area contributed by atoms with Crippen LogP contribution in [0.15, 0.2) is 48.5 Å². The molecule has 1 aliphatic rings. The van der Waals surface area contributed by atoms with E-state index in [0.717, 1.165) is 23.5 Å². The summed E-state index contributed by atoms with van der Waals surface area (Å²) < 4.78 is 5.88. The van der Waals surface area contributed by atoms with Gasteiger partial charge in [0.2, 0.25) is 0 Å². The third kappa shape index (κ3) is 3.63. The number of hydrogen-bond acceptors (Lipinski definition) is 3. The molecule has 3 N–H and O–H groups in total. The van der Waals surface area contributed by atoms with Gasteiger partial charge in [0.15, 0.2) is 0 Å². The highest BCUT2D eigenvalue weighted by molar-refractivity contribution is 5.70. The minimum Gasteiger partial charge on any atom is -0.457 e. The first kappa shape index (κ1) is 15.4. The van der Waals surface area contributed by atoms with Gasteiger partial charge >= 0.3 is 6.03 Å². The summed E-state index contributed by atoms with van der Waals surface area (Å²) in [6.45, 7) is 2.29. The number of carbonyl (C=O) groups is 1. The van der Waals surface area contributed by atoms with Crippen LogP contribution in [0.2, 0.25) is 0 Å². The molecular formula is C18H20N2O3. The summed E-state index contributed by atoms with van der Waals surface area (Å²) in [5, 5.41) is 9.99. The van der Waals surface area contributed by atoms with Crippen molar-refractivity contribution in [2.45, 2.75) is 19.3 Å². The molecule has 23 heavy (non-hydrogen) atoms. The van der Waals surface area contributed by atoms with Crippen molar-refractivity contribution in [1.29, 1.82) is 0 Å². The fourth-order valence-electron chi connectivity index (χ4n) is 2.80. The normalized spacial score (nSPS) is 19.2. The Labute approximate surface area is 135 Å². The second-order valence-electron chi connectivity index (χ2n) is 5.96. The number of hydroxylamine groups is 2. The Morgan fingerprint density at radius 1 is 1.30 bits per heavy atom. The highest BCUT2D eigenvalue weighted by atomic mass is 16.5. The van der Waals surface area contributed by atoms with Crippen LogP contribution in [0, 0.1) is 12.8 Å². The topological polar surface area (TPSA) is 75.8 Å². The number of hydrogen-bond donors (Lipinski definition) is 2. The van der Waals surface area contributed by atoms with Gasteiger partial charge in [0.1, 0.15) is 11.5 Å². The van der Waals surface area contributed by atoms with E-state index >= 15 is 0 Å². The lowest BCUT2D eigenvalue weighted by molar-refractivity contribution is -0.0431. The molecule has 5 nitrogen and oxygen atoms in total. The Balaban J connectivity index is 1.65. The summed E-state index contributed by atoms with van der Waals surface area (Å²) in [7, 11) is 0. The Kier molecular flexibility index (Phi) is 4.21. The highest BCUT2D eigenvalue weighted by Gasteiger charge is 2.40. The number of nitrogens with zero attached hydrogens (tertiary/aromatic N) is 1. The van der Waals surface area contributed by atoms with Crippen LogP contribution in [0.25, 0.3) is 0 Å². The van der Waals surface area contributed by atoms with Gasteiger partial charge in [-0.15, -0.1) is 0 Å². The van der Waals surface area contributed by atoms with Gasteiger partial charge in [-0.05, 0) is 54.5 Å². The van der Waals surface area contributed by atoms with Crippen molar-refractivity contribution in [3.05, 3.63) is 59.7 Å². The van der Waals surface area contributed by atoms with Crippen LogP contribution < -0.4 is 10.5 Å². The molecule has 2 aromatic carbocycles. The van der Waals surface area contributed by atoms with Crippen molar-refractivity contribution in [3.8, 4) is 11.5 Å². The van der Waals surface area contributed by atoms with Crippen molar-refractivity contribution >= 4 is 6.03 Å². The number of primary amides is 1. The predicted octanol–water partition coefficient (Wildman–Crippen LogP) is 3.66. The molecule has 3 rings (SSSR count). The van der Waals surface area contributed by atoms with Crippen molar-refractivity contribution in [1.82, 2.24) is 5.06 Å². The fourth-order valence-corrected chi connectivity index (χ4v) is 2.80. The number of rotatable bonds is 5. The highest BCUT2D eigenvalue weighted by Crippen LogP contribution is 2.48. The summed E-state index contributed by atoms with van der Waals surface area (Å²) >= 11 is 0. The molecule has 1 saturated carbocycles. The van der Waals surface area contributed by atoms with Crippen molar-refractivity contribution in [3.63, 3.8) is 0 Å². The lowest BCUT2D eigenvalue weighted by atomic mass is 10.1. The molecular weight excluding hydrogens is 292 g/mol. The number of carbonyl (C=O) groups excluding carboxylic acids is 1. The van der Waals surface area contributed by atoms with Crippen molar-refractivity contribution < 1.29 is 14.7 Å². The smallest absolute Gasteiger partial charge is 0.338 e. The van der Waals surface area contributed by atoms with E-state index in [2.05, 4.69) is 6.07 Å².